The van der Waals surface area contributed by atoms with Crippen molar-refractivity contribution in [3.05, 3.63) is 48.6 Å². The Hall–Kier alpha value is -1.45. The number of ether oxygens (including phenoxy) is 2. The normalized spacial score (nSPS) is 13.0. The predicted octanol–water partition coefficient (Wildman–Crippen LogP) is 12.5. The van der Waals surface area contributed by atoms with Crippen LogP contribution in [0.4, 0.5) is 0 Å². The van der Waals surface area contributed by atoms with Crippen molar-refractivity contribution in [1.29, 1.82) is 0 Å². The Morgan fingerprint density at radius 2 is 0.744 bits per heavy atom. The SMILES string of the molecule is CCCCCC=CCC=CCCCCCCCCOCC(C=O)COCCCCCCCCC=CCC=CCCCCC. The molecule has 0 radical (unpaired) electrons. The van der Waals surface area contributed by atoms with Gasteiger partial charge in [-0.05, 0) is 77.0 Å². The molecule has 250 valence electrons. The van der Waals surface area contributed by atoms with Crippen LogP contribution in [0, 0.1) is 5.92 Å². The van der Waals surface area contributed by atoms with E-state index in [4.69, 9.17) is 9.47 Å². The van der Waals surface area contributed by atoms with Gasteiger partial charge in [0.1, 0.15) is 6.29 Å². The molecule has 0 amide bonds. The van der Waals surface area contributed by atoms with Crippen molar-refractivity contribution < 1.29 is 14.3 Å². The van der Waals surface area contributed by atoms with E-state index >= 15 is 0 Å². The monoisotopic (exact) mass is 601 g/mol. The van der Waals surface area contributed by atoms with E-state index in [2.05, 4.69) is 62.5 Å². The molecule has 0 bridgehead atoms. The van der Waals surface area contributed by atoms with Crippen LogP contribution in [0.2, 0.25) is 0 Å². The van der Waals surface area contributed by atoms with Crippen LogP contribution in [-0.2, 0) is 14.3 Å². The number of carbonyl (C=O) groups is 1. The highest BCUT2D eigenvalue weighted by atomic mass is 16.5. The van der Waals surface area contributed by atoms with E-state index in [1.54, 1.807) is 0 Å². The van der Waals surface area contributed by atoms with Gasteiger partial charge >= 0.3 is 0 Å². The molecule has 0 saturated carbocycles. The smallest absolute Gasteiger partial charge is 0.127 e. The minimum absolute atomic E-state index is 0.130. The van der Waals surface area contributed by atoms with Gasteiger partial charge in [0.15, 0.2) is 0 Å². The first-order valence-corrected chi connectivity index (χ1v) is 18.6. The van der Waals surface area contributed by atoms with Crippen molar-refractivity contribution in [3.63, 3.8) is 0 Å². The molecule has 0 aromatic rings. The van der Waals surface area contributed by atoms with Gasteiger partial charge in [-0.25, -0.2) is 0 Å². The molecule has 0 aliphatic heterocycles. The number of aldehydes is 1. The Labute approximate surface area is 269 Å². The molecule has 0 aromatic heterocycles. The fraction of sp³-hybridized carbons (Fsp3) is 0.775. The second-order valence-corrected chi connectivity index (χ2v) is 12.2. The van der Waals surface area contributed by atoms with E-state index in [-0.39, 0.29) is 5.92 Å². The minimum atomic E-state index is -0.130. The van der Waals surface area contributed by atoms with Crippen LogP contribution >= 0.6 is 0 Å². The highest BCUT2D eigenvalue weighted by molar-refractivity contribution is 5.53. The first kappa shape index (κ1) is 41.5. The zero-order valence-electron chi connectivity index (χ0n) is 28.8. The molecule has 0 N–H and O–H groups in total. The van der Waals surface area contributed by atoms with Crippen LogP contribution in [0.5, 0.6) is 0 Å². The van der Waals surface area contributed by atoms with Crippen LogP contribution < -0.4 is 0 Å². The topological polar surface area (TPSA) is 35.5 Å². The lowest BCUT2D eigenvalue weighted by atomic mass is 10.1. The van der Waals surface area contributed by atoms with E-state index < -0.39 is 0 Å². The molecule has 0 aromatic carbocycles. The molecule has 0 heterocycles. The van der Waals surface area contributed by atoms with Gasteiger partial charge in [-0.3, -0.25) is 0 Å². The van der Waals surface area contributed by atoms with Crippen LogP contribution in [0.15, 0.2) is 48.6 Å². The summed E-state index contributed by atoms with van der Waals surface area (Å²) in [4.78, 5) is 11.4. The van der Waals surface area contributed by atoms with Crippen molar-refractivity contribution in [2.45, 2.75) is 168 Å². The molecule has 3 heteroatoms. The van der Waals surface area contributed by atoms with Gasteiger partial charge in [0.2, 0.25) is 0 Å². The number of rotatable bonds is 35. The van der Waals surface area contributed by atoms with Gasteiger partial charge in [0.05, 0.1) is 19.1 Å². The zero-order chi connectivity index (χ0) is 31.2. The molecule has 0 rings (SSSR count). The lowest BCUT2D eigenvalue weighted by Crippen LogP contribution is -2.18. The fourth-order valence-electron chi connectivity index (χ4n) is 4.98. The molecule has 3 nitrogen and oxygen atoms in total. The lowest BCUT2D eigenvalue weighted by Gasteiger charge is -2.12. The Kier molecular flexibility index (Phi) is 37.3. The van der Waals surface area contributed by atoms with Gasteiger partial charge in [-0.1, -0.05) is 140 Å². The average molecular weight is 601 g/mol. The highest BCUT2D eigenvalue weighted by Crippen LogP contribution is 2.10. The van der Waals surface area contributed by atoms with Crippen molar-refractivity contribution in [3.8, 4) is 0 Å². The van der Waals surface area contributed by atoms with Gasteiger partial charge in [0.25, 0.3) is 0 Å². The van der Waals surface area contributed by atoms with Crippen LogP contribution in [0.25, 0.3) is 0 Å². The summed E-state index contributed by atoms with van der Waals surface area (Å²) in [5, 5.41) is 0. The second kappa shape index (κ2) is 38.6. The Balaban J connectivity index is 3.37. The number of hydrogen-bond acceptors (Lipinski definition) is 3. The largest absolute Gasteiger partial charge is 0.381 e. The third-order valence-corrected chi connectivity index (χ3v) is 7.83. The molecule has 0 aliphatic rings. The summed E-state index contributed by atoms with van der Waals surface area (Å²) in [6.45, 7) is 7.01. The maximum atomic E-state index is 11.4. The molecule has 0 unspecified atom stereocenters. The van der Waals surface area contributed by atoms with Crippen molar-refractivity contribution in [2.24, 2.45) is 5.92 Å². The maximum absolute atomic E-state index is 11.4. The molecule has 43 heavy (non-hydrogen) atoms. The quantitative estimate of drug-likeness (QED) is 0.0412. The predicted molar refractivity (Wildman–Crippen MR) is 190 cm³/mol. The molecule has 0 atom stereocenters. The number of hydrogen-bond donors (Lipinski definition) is 0. The van der Waals surface area contributed by atoms with Crippen molar-refractivity contribution >= 4 is 6.29 Å². The number of unbranched alkanes of at least 4 members (excludes halogenated alkanes) is 18. The van der Waals surface area contributed by atoms with Gasteiger partial charge in [-0.15, -0.1) is 0 Å². The Bertz CT molecular complexity index is 596. The number of allylic oxidation sites excluding steroid dienone is 8. The Morgan fingerprint density at radius 1 is 0.419 bits per heavy atom. The summed E-state index contributed by atoms with van der Waals surface area (Å²) in [6, 6.07) is 0. The second-order valence-electron chi connectivity index (χ2n) is 12.2. The molecule has 0 aliphatic carbocycles. The highest BCUT2D eigenvalue weighted by Gasteiger charge is 2.07. The van der Waals surface area contributed by atoms with E-state index in [9.17, 15) is 4.79 Å². The lowest BCUT2D eigenvalue weighted by molar-refractivity contribution is -0.115. The van der Waals surface area contributed by atoms with E-state index in [1.807, 2.05) is 0 Å². The fourth-order valence-corrected chi connectivity index (χ4v) is 4.98. The summed E-state index contributed by atoms with van der Waals surface area (Å²) >= 11 is 0. The average Bonchev–Trinajstić information content (AvgIpc) is 3.02. The minimum Gasteiger partial charge on any atom is -0.381 e. The first-order chi connectivity index (χ1) is 21.3. The number of carbonyl (C=O) groups excluding carboxylic acids is 1. The summed E-state index contributed by atoms with van der Waals surface area (Å²) in [5.74, 6) is -0.130. The first-order valence-electron chi connectivity index (χ1n) is 18.6. The van der Waals surface area contributed by atoms with Gasteiger partial charge in [0, 0.05) is 13.2 Å². The zero-order valence-corrected chi connectivity index (χ0v) is 28.8. The molecular weight excluding hydrogens is 528 g/mol. The van der Waals surface area contributed by atoms with Crippen molar-refractivity contribution in [2.75, 3.05) is 26.4 Å². The van der Waals surface area contributed by atoms with E-state index in [0.717, 1.165) is 45.2 Å². The third-order valence-electron chi connectivity index (χ3n) is 7.83. The van der Waals surface area contributed by atoms with Crippen LogP contribution in [0.1, 0.15) is 168 Å². The summed E-state index contributed by atoms with van der Waals surface area (Å²) in [7, 11) is 0. The maximum Gasteiger partial charge on any atom is 0.127 e. The summed E-state index contributed by atoms with van der Waals surface area (Å²) in [6.07, 6.45) is 49.6. The third kappa shape index (κ3) is 36.6. The van der Waals surface area contributed by atoms with Crippen LogP contribution in [-0.4, -0.2) is 32.7 Å². The van der Waals surface area contributed by atoms with Crippen molar-refractivity contribution in [1.82, 2.24) is 0 Å². The molecule has 0 fully saturated rings. The van der Waals surface area contributed by atoms with Crippen LogP contribution in [0.3, 0.4) is 0 Å². The van der Waals surface area contributed by atoms with E-state index in [0.29, 0.717) is 13.2 Å². The standard InChI is InChI=1S/C40H72O3/c1-3-5-7-9-11-13-15-17-19-21-23-25-27-29-31-33-35-42-38-40(37-41)39-43-36-34-32-30-28-26-24-22-20-18-16-14-12-10-8-6-4-2/h11-14,17-20,37,40H,3-10,15-16,21-36,38-39H2,1-2H3. The molecule has 0 saturated heterocycles. The Morgan fingerprint density at radius 3 is 1.09 bits per heavy atom. The van der Waals surface area contributed by atoms with Gasteiger partial charge < -0.3 is 14.3 Å². The van der Waals surface area contributed by atoms with E-state index in [1.165, 1.54) is 128 Å². The molecule has 0 spiro atoms. The summed E-state index contributed by atoms with van der Waals surface area (Å²) in [5.41, 5.74) is 0. The van der Waals surface area contributed by atoms with Gasteiger partial charge in [-0.2, -0.15) is 0 Å². The summed E-state index contributed by atoms with van der Waals surface area (Å²) < 4.78 is 11.5. The molecular formula is C40H72O3.